The molecule has 1 N–H and O–H groups in total. The Labute approximate surface area is 148 Å². The molecule has 2 amide bonds. The minimum atomic E-state index is -0.261. The van der Waals surface area contributed by atoms with Gasteiger partial charge in [-0.1, -0.05) is 32.6 Å². The minimum absolute atomic E-state index is 0.0724. The van der Waals surface area contributed by atoms with Gasteiger partial charge in [-0.2, -0.15) is 0 Å². The largest absolute Gasteiger partial charge is 0.345 e. The van der Waals surface area contributed by atoms with Crippen LogP contribution in [0.5, 0.6) is 0 Å². The number of imidazole rings is 1. The first-order chi connectivity index (χ1) is 12.1. The molecule has 0 atom stereocenters. The Kier molecular flexibility index (Phi) is 6.74. The number of fused-ring (bicyclic) bond motifs is 1. The number of nitrogens with one attached hydrogen (secondary N) is 1. The molecule has 1 aromatic heterocycles. The lowest BCUT2D eigenvalue weighted by Crippen LogP contribution is -2.35. The number of para-hydroxylation sites is 2. The van der Waals surface area contributed by atoms with Gasteiger partial charge in [0, 0.05) is 13.1 Å². The topological polar surface area (TPSA) is 67.2 Å². The first-order valence-electron chi connectivity index (χ1n) is 8.72. The molecule has 0 aliphatic heterocycles. The van der Waals surface area contributed by atoms with Crippen LogP contribution < -0.4 is 5.32 Å². The van der Waals surface area contributed by atoms with Gasteiger partial charge in [-0.3, -0.25) is 9.59 Å². The highest BCUT2D eigenvalue weighted by atomic mass is 16.2. The van der Waals surface area contributed by atoms with Gasteiger partial charge in [-0.15, -0.1) is 0 Å². The maximum Gasteiger partial charge on any atom is 0.243 e. The summed E-state index contributed by atoms with van der Waals surface area (Å²) in [6, 6.07) is 7.68. The summed E-state index contributed by atoms with van der Waals surface area (Å²) in [7, 11) is 0. The molecule has 0 unspecified atom stereocenters. The van der Waals surface area contributed by atoms with Gasteiger partial charge in [0.2, 0.25) is 11.8 Å². The van der Waals surface area contributed by atoms with Crippen LogP contribution in [0.15, 0.2) is 36.9 Å². The van der Waals surface area contributed by atoms with Gasteiger partial charge in [-0.25, -0.2) is 4.98 Å². The van der Waals surface area contributed by atoms with Crippen molar-refractivity contribution >= 4 is 22.8 Å². The highest BCUT2D eigenvalue weighted by Crippen LogP contribution is 2.16. The Bertz CT molecular complexity index is 745. The smallest absolute Gasteiger partial charge is 0.243 e. The second kappa shape index (κ2) is 9.01. The lowest BCUT2D eigenvalue weighted by Gasteiger charge is -2.22. The molecule has 0 radical (unpaired) electrons. The molecule has 0 aliphatic rings. The molecule has 6 nitrogen and oxygen atoms in total. The number of carbonyl (C=O) groups excluding carboxylic acids is 2. The Balaban J connectivity index is 2.28. The molecule has 0 bridgehead atoms. The van der Waals surface area contributed by atoms with E-state index in [1.54, 1.807) is 0 Å². The number of benzene rings is 1. The Morgan fingerprint density at radius 2 is 1.92 bits per heavy atom. The molecule has 6 heteroatoms. The third kappa shape index (κ3) is 4.68. The van der Waals surface area contributed by atoms with Crippen molar-refractivity contribution in [1.82, 2.24) is 19.8 Å². The minimum Gasteiger partial charge on any atom is -0.345 e. The van der Waals surface area contributed by atoms with E-state index in [4.69, 9.17) is 0 Å². The summed E-state index contributed by atoms with van der Waals surface area (Å²) in [5.41, 5.74) is 1.71. The third-order valence-corrected chi connectivity index (χ3v) is 3.97. The predicted octanol–water partition coefficient (Wildman–Crippen LogP) is 2.49. The van der Waals surface area contributed by atoms with Crippen molar-refractivity contribution in [2.45, 2.75) is 39.8 Å². The number of carbonyl (C=O) groups is 2. The molecule has 0 saturated heterocycles. The van der Waals surface area contributed by atoms with E-state index in [9.17, 15) is 9.59 Å². The highest BCUT2D eigenvalue weighted by molar-refractivity contribution is 5.87. The Morgan fingerprint density at radius 3 is 2.56 bits per heavy atom. The van der Waals surface area contributed by atoms with E-state index in [1.165, 1.54) is 6.08 Å². The average molecular weight is 342 g/mol. The molecule has 0 spiro atoms. The fraction of sp³-hybridized carbons (Fsp3) is 0.421. The van der Waals surface area contributed by atoms with Crippen LogP contribution in [0, 0.1) is 0 Å². The van der Waals surface area contributed by atoms with Gasteiger partial charge in [0.1, 0.15) is 12.4 Å². The standard InChI is InChI=1S/C19H26N4O2/c1-4-11-22(12-5-2)19(25)14-23-16-10-8-7-9-15(16)21-17(23)13-20-18(24)6-3/h6-10H,3-5,11-14H2,1-2H3,(H,20,24). The van der Waals surface area contributed by atoms with Crippen molar-refractivity contribution in [3.63, 3.8) is 0 Å². The van der Waals surface area contributed by atoms with Crippen molar-refractivity contribution < 1.29 is 9.59 Å². The number of rotatable bonds is 9. The number of aromatic nitrogens is 2. The van der Waals surface area contributed by atoms with Crippen LogP contribution in [0.3, 0.4) is 0 Å². The Hall–Kier alpha value is -2.63. The van der Waals surface area contributed by atoms with Crippen LogP contribution in [0.2, 0.25) is 0 Å². The van der Waals surface area contributed by atoms with Crippen LogP contribution >= 0.6 is 0 Å². The van der Waals surface area contributed by atoms with E-state index in [0.717, 1.165) is 37.0 Å². The molecular weight excluding hydrogens is 316 g/mol. The first kappa shape index (κ1) is 18.7. The monoisotopic (exact) mass is 342 g/mol. The summed E-state index contributed by atoms with van der Waals surface area (Å²) in [4.78, 5) is 30.7. The zero-order valence-electron chi connectivity index (χ0n) is 15.0. The fourth-order valence-corrected chi connectivity index (χ4v) is 2.81. The van der Waals surface area contributed by atoms with Gasteiger partial charge in [-0.05, 0) is 31.1 Å². The average Bonchev–Trinajstić information content (AvgIpc) is 2.97. The van der Waals surface area contributed by atoms with Crippen molar-refractivity contribution in [3.8, 4) is 0 Å². The predicted molar refractivity (Wildman–Crippen MR) is 98.9 cm³/mol. The summed E-state index contributed by atoms with van der Waals surface area (Å²) in [5.74, 6) is 0.476. The van der Waals surface area contributed by atoms with Crippen LogP contribution in [-0.4, -0.2) is 39.4 Å². The van der Waals surface area contributed by atoms with Gasteiger partial charge >= 0.3 is 0 Å². The van der Waals surface area contributed by atoms with E-state index in [0.29, 0.717) is 5.82 Å². The zero-order valence-corrected chi connectivity index (χ0v) is 15.0. The summed E-state index contributed by atoms with van der Waals surface area (Å²) in [6.07, 6.45) is 3.08. The fourth-order valence-electron chi connectivity index (χ4n) is 2.81. The quantitative estimate of drug-likeness (QED) is 0.712. The number of hydrogen-bond acceptors (Lipinski definition) is 3. The molecule has 2 rings (SSSR count). The lowest BCUT2D eigenvalue weighted by atomic mass is 10.3. The van der Waals surface area contributed by atoms with Crippen LogP contribution in [-0.2, 0) is 22.7 Å². The number of amides is 2. The molecule has 134 valence electrons. The molecule has 0 aliphatic carbocycles. The molecule has 1 heterocycles. The van der Waals surface area contributed by atoms with Crippen molar-refractivity contribution in [2.75, 3.05) is 13.1 Å². The summed E-state index contributed by atoms with van der Waals surface area (Å²) in [6.45, 7) is 9.57. The third-order valence-electron chi connectivity index (χ3n) is 3.97. The SMILES string of the molecule is C=CC(=O)NCc1nc2ccccc2n1CC(=O)N(CCC)CCC. The summed E-state index contributed by atoms with van der Waals surface area (Å²) in [5, 5.41) is 2.74. The maximum absolute atomic E-state index is 12.8. The molecule has 2 aromatic rings. The van der Waals surface area contributed by atoms with Gasteiger partial charge in [0.25, 0.3) is 0 Å². The molecule has 1 aromatic carbocycles. The second-order valence-electron chi connectivity index (χ2n) is 5.91. The second-order valence-corrected chi connectivity index (χ2v) is 5.91. The van der Waals surface area contributed by atoms with E-state index in [2.05, 4.69) is 30.7 Å². The first-order valence-corrected chi connectivity index (χ1v) is 8.72. The van der Waals surface area contributed by atoms with E-state index >= 15 is 0 Å². The van der Waals surface area contributed by atoms with E-state index < -0.39 is 0 Å². The highest BCUT2D eigenvalue weighted by Gasteiger charge is 2.17. The van der Waals surface area contributed by atoms with Crippen LogP contribution in [0.1, 0.15) is 32.5 Å². The van der Waals surface area contributed by atoms with E-state index in [1.807, 2.05) is 33.7 Å². The van der Waals surface area contributed by atoms with Gasteiger partial charge in [0.05, 0.1) is 17.6 Å². The zero-order chi connectivity index (χ0) is 18.2. The van der Waals surface area contributed by atoms with Crippen LogP contribution in [0.25, 0.3) is 11.0 Å². The van der Waals surface area contributed by atoms with Crippen molar-refractivity contribution in [1.29, 1.82) is 0 Å². The van der Waals surface area contributed by atoms with Gasteiger partial charge in [0.15, 0.2) is 0 Å². The van der Waals surface area contributed by atoms with Crippen LogP contribution in [0.4, 0.5) is 0 Å². The number of nitrogens with zero attached hydrogens (tertiary/aromatic N) is 3. The molecular formula is C19H26N4O2. The molecule has 0 saturated carbocycles. The molecule has 0 fully saturated rings. The van der Waals surface area contributed by atoms with Crippen molar-refractivity contribution in [2.24, 2.45) is 0 Å². The van der Waals surface area contributed by atoms with E-state index in [-0.39, 0.29) is 24.9 Å². The Morgan fingerprint density at radius 1 is 1.24 bits per heavy atom. The normalized spacial score (nSPS) is 10.6. The van der Waals surface area contributed by atoms with Gasteiger partial charge < -0.3 is 14.8 Å². The summed E-state index contributed by atoms with van der Waals surface area (Å²) >= 11 is 0. The summed E-state index contributed by atoms with van der Waals surface area (Å²) < 4.78 is 1.89. The maximum atomic E-state index is 12.8. The molecule has 25 heavy (non-hydrogen) atoms. The number of hydrogen-bond donors (Lipinski definition) is 1. The lowest BCUT2D eigenvalue weighted by molar-refractivity contribution is -0.131. The van der Waals surface area contributed by atoms with Crippen molar-refractivity contribution in [3.05, 3.63) is 42.7 Å².